The first-order chi connectivity index (χ1) is 5.00. The van der Waals surface area contributed by atoms with Crippen molar-refractivity contribution in [2.24, 2.45) is 17.7 Å². The molecule has 2 unspecified atom stereocenters. The predicted octanol–water partition coefficient (Wildman–Crippen LogP) is 1.00. The van der Waals surface area contributed by atoms with Gasteiger partial charge >= 0.3 is 0 Å². The van der Waals surface area contributed by atoms with Crippen molar-refractivity contribution in [3.05, 3.63) is 0 Å². The van der Waals surface area contributed by atoms with Crippen molar-refractivity contribution in [2.75, 3.05) is 7.05 Å². The van der Waals surface area contributed by atoms with Crippen LogP contribution in [-0.4, -0.2) is 18.0 Å². The van der Waals surface area contributed by atoms with Gasteiger partial charge in [0.2, 0.25) is 5.91 Å². The normalized spacial score (nSPS) is 15.7. The lowest BCUT2D eigenvalue weighted by molar-refractivity contribution is -0.135. The highest BCUT2D eigenvalue weighted by Crippen LogP contribution is 2.15. The zero-order valence-electron chi connectivity index (χ0n) is 7.79. The summed E-state index contributed by atoms with van der Waals surface area (Å²) in [5, 5.41) is 1.16. The van der Waals surface area contributed by atoms with Crippen LogP contribution in [0.3, 0.4) is 0 Å². The largest absolute Gasteiger partial charge is 0.284 e. The zero-order chi connectivity index (χ0) is 9.02. The third-order valence-corrected chi connectivity index (χ3v) is 2.23. The van der Waals surface area contributed by atoms with Gasteiger partial charge in [-0.05, 0) is 5.92 Å². The van der Waals surface area contributed by atoms with Crippen molar-refractivity contribution in [1.82, 2.24) is 5.01 Å². The van der Waals surface area contributed by atoms with Gasteiger partial charge in [-0.15, -0.1) is 0 Å². The number of hydrogen-bond donors (Lipinski definition) is 1. The minimum absolute atomic E-state index is 0.0133. The van der Waals surface area contributed by atoms with E-state index in [1.807, 2.05) is 6.92 Å². The Kier molecular flexibility index (Phi) is 4.11. The number of nitrogens with zero attached hydrogens (tertiary/aromatic N) is 1. The van der Waals surface area contributed by atoms with Crippen LogP contribution in [0.1, 0.15) is 27.2 Å². The Morgan fingerprint density at radius 3 is 2.27 bits per heavy atom. The van der Waals surface area contributed by atoms with Crippen LogP contribution >= 0.6 is 0 Å². The molecule has 0 heterocycles. The maximum atomic E-state index is 11.2. The summed E-state index contributed by atoms with van der Waals surface area (Å²) in [5.41, 5.74) is 0. The third-order valence-electron chi connectivity index (χ3n) is 2.23. The molecule has 0 aromatic rings. The summed E-state index contributed by atoms with van der Waals surface area (Å²) >= 11 is 0. The molecule has 0 aliphatic rings. The standard InChI is InChI=1S/C8H18N2O/c1-5-6(2)7(3)8(11)10(4)9/h6-7H,5,9H2,1-4H3. The average Bonchev–Trinajstić information content (AvgIpc) is 2.00. The van der Waals surface area contributed by atoms with Crippen LogP contribution in [-0.2, 0) is 4.79 Å². The molecule has 0 saturated heterocycles. The van der Waals surface area contributed by atoms with E-state index >= 15 is 0 Å². The summed E-state index contributed by atoms with van der Waals surface area (Å²) in [5.74, 6) is 5.77. The Bertz CT molecular complexity index is 134. The Hall–Kier alpha value is -0.570. The molecule has 2 atom stereocenters. The Morgan fingerprint density at radius 2 is 2.00 bits per heavy atom. The van der Waals surface area contributed by atoms with E-state index in [1.54, 1.807) is 7.05 Å². The van der Waals surface area contributed by atoms with E-state index < -0.39 is 0 Å². The summed E-state index contributed by atoms with van der Waals surface area (Å²) in [6.07, 6.45) is 1.01. The minimum atomic E-state index is 0.0133. The molecular formula is C8H18N2O. The van der Waals surface area contributed by atoms with Gasteiger partial charge in [0.15, 0.2) is 0 Å². The number of amides is 1. The number of rotatable bonds is 3. The molecular weight excluding hydrogens is 140 g/mol. The van der Waals surface area contributed by atoms with Gasteiger partial charge in [0, 0.05) is 13.0 Å². The molecule has 3 nitrogen and oxygen atoms in total. The van der Waals surface area contributed by atoms with Gasteiger partial charge in [-0.3, -0.25) is 9.80 Å². The molecule has 11 heavy (non-hydrogen) atoms. The quantitative estimate of drug-likeness (QED) is 0.378. The first-order valence-corrected chi connectivity index (χ1v) is 4.03. The number of carbonyl (C=O) groups excluding carboxylic acids is 1. The molecule has 2 N–H and O–H groups in total. The average molecular weight is 158 g/mol. The van der Waals surface area contributed by atoms with Crippen LogP contribution in [0, 0.1) is 11.8 Å². The van der Waals surface area contributed by atoms with Crippen molar-refractivity contribution in [2.45, 2.75) is 27.2 Å². The lowest BCUT2D eigenvalue weighted by Gasteiger charge is -2.20. The summed E-state index contributed by atoms with van der Waals surface area (Å²) in [4.78, 5) is 11.2. The van der Waals surface area contributed by atoms with Crippen molar-refractivity contribution < 1.29 is 4.79 Å². The molecule has 0 aromatic heterocycles. The van der Waals surface area contributed by atoms with Crippen LogP contribution in [0.5, 0.6) is 0 Å². The third kappa shape index (κ3) is 2.89. The molecule has 0 aromatic carbocycles. The van der Waals surface area contributed by atoms with Crippen LogP contribution in [0.15, 0.2) is 0 Å². The maximum Gasteiger partial charge on any atom is 0.239 e. The van der Waals surface area contributed by atoms with Crippen LogP contribution in [0.4, 0.5) is 0 Å². The van der Waals surface area contributed by atoms with E-state index in [4.69, 9.17) is 5.84 Å². The fourth-order valence-corrected chi connectivity index (χ4v) is 0.918. The summed E-state index contributed by atoms with van der Waals surface area (Å²) in [6.45, 7) is 6.05. The molecule has 1 amide bonds. The first-order valence-electron chi connectivity index (χ1n) is 4.03. The van der Waals surface area contributed by atoms with E-state index in [0.717, 1.165) is 11.4 Å². The van der Waals surface area contributed by atoms with Crippen LogP contribution < -0.4 is 5.84 Å². The first kappa shape index (κ1) is 10.4. The smallest absolute Gasteiger partial charge is 0.239 e. The van der Waals surface area contributed by atoms with Gasteiger partial charge in [0.1, 0.15) is 0 Å². The SMILES string of the molecule is CCC(C)C(C)C(=O)N(C)N. The molecule has 3 heteroatoms. The monoisotopic (exact) mass is 158 g/mol. The molecule has 0 rings (SSSR count). The van der Waals surface area contributed by atoms with E-state index in [9.17, 15) is 4.79 Å². The Morgan fingerprint density at radius 1 is 1.55 bits per heavy atom. The Balaban J connectivity index is 4.02. The molecule has 0 spiro atoms. The van der Waals surface area contributed by atoms with E-state index in [-0.39, 0.29) is 11.8 Å². The van der Waals surface area contributed by atoms with E-state index in [2.05, 4.69) is 13.8 Å². The molecule has 0 bridgehead atoms. The topological polar surface area (TPSA) is 46.3 Å². The van der Waals surface area contributed by atoms with Crippen molar-refractivity contribution in [1.29, 1.82) is 0 Å². The molecule has 0 aliphatic heterocycles. The highest BCUT2D eigenvalue weighted by molar-refractivity contribution is 5.77. The number of hydrazine groups is 1. The second-order valence-corrected chi connectivity index (χ2v) is 3.12. The van der Waals surface area contributed by atoms with Crippen LogP contribution in [0.2, 0.25) is 0 Å². The Labute approximate surface area is 68.5 Å². The second-order valence-electron chi connectivity index (χ2n) is 3.12. The van der Waals surface area contributed by atoms with Crippen molar-refractivity contribution in [3.63, 3.8) is 0 Å². The van der Waals surface area contributed by atoms with Crippen molar-refractivity contribution >= 4 is 5.91 Å². The molecule has 0 saturated carbocycles. The van der Waals surface area contributed by atoms with Gasteiger partial charge < -0.3 is 0 Å². The lowest BCUT2D eigenvalue weighted by atomic mass is 9.93. The maximum absolute atomic E-state index is 11.2. The number of nitrogens with two attached hydrogens (primary N) is 1. The second kappa shape index (κ2) is 4.34. The zero-order valence-corrected chi connectivity index (χ0v) is 7.79. The summed E-state index contributed by atoms with van der Waals surface area (Å²) in [6, 6.07) is 0. The molecule has 0 aliphatic carbocycles. The fraction of sp³-hybridized carbons (Fsp3) is 0.875. The van der Waals surface area contributed by atoms with Gasteiger partial charge in [0.05, 0.1) is 0 Å². The fourth-order valence-electron chi connectivity index (χ4n) is 0.918. The minimum Gasteiger partial charge on any atom is -0.284 e. The molecule has 0 radical (unpaired) electrons. The highest BCUT2D eigenvalue weighted by Gasteiger charge is 2.20. The predicted molar refractivity (Wildman–Crippen MR) is 45.6 cm³/mol. The van der Waals surface area contributed by atoms with Gasteiger partial charge in [0.25, 0.3) is 0 Å². The molecule has 66 valence electrons. The number of hydrogen-bond acceptors (Lipinski definition) is 2. The number of carbonyl (C=O) groups is 1. The molecule has 0 fully saturated rings. The van der Waals surface area contributed by atoms with Gasteiger partial charge in [-0.2, -0.15) is 0 Å². The summed E-state index contributed by atoms with van der Waals surface area (Å²) in [7, 11) is 1.58. The van der Waals surface area contributed by atoms with Gasteiger partial charge in [-0.25, -0.2) is 5.84 Å². The highest BCUT2D eigenvalue weighted by atomic mass is 16.2. The van der Waals surface area contributed by atoms with Crippen molar-refractivity contribution in [3.8, 4) is 0 Å². The van der Waals surface area contributed by atoms with Crippen LogP contribution in [0.25, 0.3) is 0 Å². The lowest BCUT2D eigenvalue weighted by Crippen LogP contribution is -2.39. The van der Waals surface area contributed by atoms with Gasteiger partial charge in [-0.1, -0.05) is 27.2 Å². The van der Waals surface area contributed by atoms with E-state index in [0.29, 0.717) is 5.92 Å². The van der Waals surface area contributed by atoms with E-state index in [1.165, 1.54) is 0 Å². The summed E-state index contributed by atoms with van der Waals surface area (Å²) < 4.78 is 0.